The van der Waals surface area contributed by atoms with Crippen molar-refractivity contribution in [3.05, 3.63) is 47.0 Å². The standard InChI is InChI=1S/C13H15NO2/c1-9-10(2)13(16)14(12(9)15)8-11-6-4-3-5-7-11/h3-7,12,15H,8H2,1-2H3/t12-/m0/s1. The molecule has 0 bridgehead atoms. The van der Waals surface area contributed by atoms with Crippen LogP contribution < -0.4 is 0 Å². The highest BCUT2D eigenvalue weighted by Gasteiger charge is 2.32. The Morgan fingerprint density at radius 3 is 2.38 bits per heavy atom. The van der Waals surface area contributed by atoms with Gasteiger partial charge in [0.1, 0.15) is 0 Å². The van der Waals surface area contributed by atoms with Crippen molar-refractivity contribution < 1.29 is 9.90 Å². The van der Waals surface area contributed by atoms with E-state index in [9.17, 15) is 9.90 Å². The van der Waals surface area contributed by atoms with E-state index in [1.54, 1.807) is 13.8 Å². The van der Waals surface area contributed by atoms with Gasteiger partial charge in [0.05, 0.1) is 0 Å². The van der Waals surface area contributed by atoms with Gasteiger partial charge in [-0.2, -0.15) is 0 Å². The number of rotatable bonds is 2. The highest BCUT2D eigenvalue weighted by molar-refractivity contribution is 5.96. The largest absolute Gasteiger partial charge is 0.369 e. The lowest BCUT2D eigenvalue weighted by Gasteiger charge is -2.21. The molecule has 1 aromatic carbocycles. The number of aliphatic hydroxyl groups excluding tert-OH is 1. The van der Waals surface area contributed by atoms with E-state index in [2.05, 4.69) is 0 Å². The molecule has 0 unspecified atom stereocenters. The predicted molar refractivity (Wildman–Crippen MR) is 61.4 cm³/mol. The van der Waals surface area contributed by atoms with Crippen LogP contribution >= 0.6 is 0 Å². The molecule has 2 rings (SSSR count). The van der Waals surface area contributed by atoms with Crippen LogP contribution in [0.2, 0.25) is 0 Å². The van der Waals surface area contributed by atoms with Crippen molar-refractivity contribution >= 4 is 5.91 Å². The number of aliphatic hydroxyl groups is 1. The van der Waals surface area contributed by atoms with Crippen molar-refractivity contribution in [2.45, 2.75) is 26.6 Å². The Bertz CT molecular complexity index is 437. The molecular weight excluding hydrogens is 202 g/mol. The Morgan fingerprint density at radius 1 is 1.25 bits per heavy atom. The molecule has 16 heavy (non-hydrogen) atoms. The summed E-state index contributed by atoms with van der Waals surface area (Å²) in [7, 11) is 0. The van der Waals surface area contributed by atoms with Gasteiger partial charge < -0.3 is 10.0 Å². The summed E-state index contributed by atoms with van der Waals surface area (Å²) in [5, 5.41) is 9.91. The van der Waals surface area contributed by atoms with Gasteiger partial charge in [0, 0.05) is 12.1 Å². The lowest BCUT2D eigenvalue weighted by molar-refractivity contribution is -0.132. The first-order valence-corrected chi connectivity index (χ1v) is 5.31. The second-order valence-electron chi connectivity index (χ2n) is 4.10. The van der Waals surface area contributed by atoms with Gasteiger partial charge in [-0.1, -0.05) is 30.3 Å². The second kappa shape index (κ2) is 4.10. The van der Waals surface area contributed by atoms with E-state index in [4.69, 9.17) is 0 Å². The van der Waals surface area contributed by atoms with E-state index in [-0.39, 0.29) is 5.91 Å². The van der Waals surface area contributed by atoms with E-state index < -0.39 is 6.23 Å². The Kier molecular flexibility index (Phi) is 2.79. The molecule has 1 aliphatic heterocycles. The maximum atomic E-state index is 11.8. The first-order chi connectivity index (χ1) is 7.61. The number of hydrogen-bond donors (Lipinski definition) is 1. The van der Waals surface area contributed by atoms with Crippen LogP contribution in [0, 0.1) is 0 Å². The molecular formula is C13H15NO2. The van der Waals surface area contributed by atoms with Gasteiger partial charge in [-0.15, -0.1) is 0 Å². The zero-order chi connectivity index (χ0) is 11.7. The molecule has 0 saturated heterocycles. The van der Waals surface area contributed by atoms with Gasteiger partial charge >= 0.3 is 0 Å². The van der Waals surface area contributed by atoms with E-state index >= 15 is 0 Å². The Balaban J connectivity index is 2.17. The number of benzene rings is 1. The Morgan fingerprint density at radius 2 is 1.88 bits per heavy atom. The molecule has 3 heteroatoms. The second-order valence-corrected chi connectivity index (χ2v) is 4.10. The van der Waals surface area contributed by atoms with Crippen molar-refractivity contribution in [1.82, 2.24) is 4.90 Å². The van der Waals surface area contributed by atoms with Crippen LogP contribution in [0.25, 0.3) is 0 Å². The topological polar surface area (TPSA) is 40.5 Å². The van der Waals surface area contributed by atoms with Crippen molar-refractivity contribution in [3.8, 4) is 0 Å². The van der Waals surface area contributed by atoms with Gasteiger partial charge in [-0.05, 0) is 25.0 Å². The fraction of sp³-hybridized carbons (Fsp3) is 0.308. The summed E-state index contributed by atoms with van der Waals surface area (Å²) in [6, 6.07) is 9.68. The van der Waals surface area contributed by atoms with E-state index in [1.165, 1.54) is 4.90 Å². The third-order valence-electron chi connectivity index (χ3n) is 3.05. The average molecular weight is 217 g/mol. The van der Waals surface area contributed by atoms with Crippen LogP contribution in [0.3, 0.4) is 0 Å². The summed E-state index contributed by atoms with van der Waals surface area (Å²) >= 11 is 0. The Hall–Kier alpha value is -1.61. The molecule has 0 saturated carbocycles. The van der Waals surface area contributed by atoms with Crippen LogP contribution in [0.15, 0.2) is 41.5 Å². The highest BCUT2D eigenvalue weighted by atomic mass is 16.3. The molecule has 0 aromatic heterocycles. The molecule has 1 aliphatic rings. The first-order valence-electron chi connectivity index (χ1n) is 5.31. The maximum Gasteiger partial charge on any atom is 0.252 e. The van der Waals surface area contributed by atoms with Gasteiger partial charge in [-0.25, -0.2) is 0 Å². The van der Waals surface area contributed by atoms with Crippen LogP contribution in [-0.4, -0.2) is 22.1 Å². The van der Waals surface area contributed by atoms with Crippen molar-refractivity contribution in [2.75, 3.05) is 0 Å². The monoisotopic (exact) mass is 217 g/mol. The molecule has 0 aliphatic carbocycles. The van der Waals surface area contributed by atoms with Gasteiger partial charge in [0.2, 0.25) is 0 Å². The predicted octanol–water partition coefficient (Wildman–Crippen LogP) is 1.68. The molecule has 1 amide bonds. The normalized spacial score (nSPS) is 20.8. The van der Waals surface area contributed by atoms with Crippen molar-refractivity contribution in [3.63, 3.8) is 0 Å². The first kappa shape index (κ1) is 10.9. The van der Waals surface area contributed by atoms with Gasteiger partial charge in [0.25, 0.3) is 5.91 Å². The third kappa shape index (κ3) is 1.74. The molecule has 3 nitrogen and oxygen atoms in total. The minimum atomic E-state index is -0.771. The lowest BCUT2D eigenvalue weighted by atomic mass is 10.2. The van der Waals surface area contributed by atoms with Crippen molar-refractivity contribution in [1.29, 1.82) is 0 Å². The molecule has 0 radical (unpaired) electrons. The van der Waals surface area contributed by atoms with Gasteiger partial charge in [-0.3, -0.25) is 4.79 Å². The molecule has 84 valence electrons. The smallest absolute Gasteiger partial charge is 0.252 e. The number of hydrogen-bond acceptors (Lipinski definition) is 2. The molecule has 1 aromatic rings. The molecule has 1 atom stereocenters. The zero-order valence-corrected chi connectivity index (χ0v) is 9.47. The number of nitrogens with zero attached hydrogens (tertiary/aromatic N) is 1. The summed E-state index contributed by atoms with van der Waals surface area (Å²) in [5.41, 5.74) is 2.43. The zero-order valence-electron chi connectivity index (χ0n) is 9.47. The highest BCUT2D eigenvalue weighted by Crippen LogP contribution is 2.25. The third-order valence-corrected chi connectivity index (χ3v) is 3.05. The fourth-order valence-corrected chi connectivity index (χ4v) is 1.86. The SMILES string of the molecule is CC1=C(C)[C@H](O)N(Cc2ccccc2)C1=O. The van der Waals surface area contributed by atoms with Crippen LogP contribution in [-0.2, 0) is 11.3 Å². The minimum absolute atomic E-state index is 0.0751. The average Bonchev–Trinajstić information content (AvgIpc) is 2.48. The van der Waals surface area contributed by atoms with Crippen LogP contribution in [0.1, 0.15) is 19.4 Å². The van der Waals surface area contributed by atoms with Crippen LogP contribution in [0.5, 0.6) is 0 Å². The molecule has 0 fully saturated rings. The number of amides is 1. The number of carbonyl (C=O) groups is 1. The summed E-state index contributed by atoms with van der Waals surface area (Å²) in [4.78, 5) is 13.3. The lowest BCUT2D eigenvalue weighted by Crippen LogP contribution is -2.34. The fourth-order valence-electron chi connectivity index (χ4n) is 1.86. The van der Waals surface area contributed by atoms with Gasteiger partial charge in [0.15, 0.2) is 6.23 Å². The molecule has 1 N–H and O–H groups in total. The number of carbonyl (C=O) groups excluding carboxylic acids is 1. The van der Waals surface area contributed by atoms with Crippen molar-refractivity contribution in [2.24, 2.45) is 0 Å². The minimum Gasteiger partial charge on any atom is -0.369 e. The summed E-state index contributed by atoms with van der Waals surface area (Å²) in [6.45, 7) is 4.00. The summed E-state index contributed by atoms with van der Waals surface area (Å²) in [6.07, 6.45) is -0.771. The maximum absolute atomic E-state index is 11.8. The van der Waals surface area contributed by atoms with E-state index in [0.717, 1.165) is 11.1 Å². The molecule has 0 spiro atoms. The summed E-state index contributed by atoms with van der Waals surface area (Å²) in [5.74, 6) is -0.0751. The van der Waals surface area contributed by atoms with E-state index in [0.29, 0.717) is 12.1 Å². The van der Waals surface area contributed by atoms with Crippen LogP contribution in [0.4, 0.5) is 0 Å². The van der Waals surface area contributed by atoms with E-state index in [1.807, 2.05) is 30.3 Å². The summed E-state index contributed by atoms with van der Waals surface area (Å²) < 4.78 is 0. The molecule has 1 heterocycles. The quantitative estimate of drug-likeness (QED) is 0.818. The Labute approximate surface area is 95.0 Å².